The Hall–Kier alpha value is -1.27. The minimum absolute atomic E-state index is 0.147. The third-order valence-electron chi connectivity index (χ3n) is 3.52. The molecule has 0 radical (unpaired) electrons. The molecule has 1 fully saturated rings. The Morgan fingerprint density at radius 3 is 2.32 bits per heavy atom. The molecule has 19 heavy (non-hydrogen) atoms. The standard InChI is InChI=1S/C13H21N3O2S/c1-15-19(17,18)13-7-6-11(10-12(13)14)16-8-4-2-3-5-9-16/h6-7,10,15H,2-5,8-9,14H2,1H3. The number of nitrogens with zero attached hydrogens (tertiary/aromatic N) is 1. The van der Waals surface area contributed by atoms with Crippen LogP contribution in [0.3, 0.4) is 0 Å². The predicted octanol–water partition coefficient (Wildman–Crippen LogP) is 1.56. The molecule has 1 aliphatic rings. The van der Waals surface area contributed by atoms with Crippen LogP contribution < -0.4 is 15.4 Å². The van der Waals surface area contributed by atoms with Crippen LogP contribution >= 0.6 is 0 Å². The third-order valence-corrected chi connectivity index (χ3v) is 5.01. The summed E-state index contributed by atoms with van der Waals surface area (Å²) < 4.78 is 25.8. The fourth-order valence-electron chi connectivity index (χ4n) is 2.42. The number of sulfonamides is 1. The van der Waals surface area contributed by atoms with Gasteiger partial charge in [-0.05, 0) is 38.1 Å². The second-order valence-electron chi connectivity index (χ2n) is 4.83. The van der Waals surface area contributed by atoms with Gasteiger partial charge in [-0.3, -0.25) is 0 Å². The molecule has 5 nitrogen and oxygen atoms in total. The van der Waals surface area contributed by atoms with E-state index in [-0.39, 0.29) is 4.90 Å². The molecular weight excluding hydrogens is 262 g/mol. The topological polar surface area (TPSA) is 75.4 Å². The number of benzene rings is 1. The lowest BCUT2D eigenvalue weighted by molar-refractivity contribution is 0.588. The minimum atomic E-state index is -3.48. The van der Waals surface area contributed by atoms with Crippen LogP contribution in [0.25, 0.3) is 0 Å². The van der Waals surface area contributed by atoms with Gasteiger partial charge in [0.25, 0.3) is 0 Å². The molecule has 0 aliphatic carbocycles. The molecule has 3 N–H and O–H groups in total. The van der Waals surface area contributed by atoms with Crippen molar-refractivity contribution in [2.24, 2.45) is 0 Å². The lowest BCUT2D eigenvalue weighted by Gasteiger charge is -2.23. The summed E-state index contributed by atoms with van der Waals surface area (Å²) in [6.07, 6.45) is 4.88. The van der Waals surface area contributed by atoms with E-state index < -0.39 is 10.0 Å². The number of hydrogen-bond donors (Lipinski definition) is 2. The Morgan fingerprint density at radius 2 is 1.79 bits per heavy atom. The number of nitrogens with two attached hydrogens (primary N) is 1. The normalized spacial score (nSPS) is 17.2. The molecule has 1 heterocycles. The van der Waals surface area contributed by atoms with Gasteiger partial charge in [-0.25, -0.2) is 13.1 Å². The monoisotopic (exact) mass is 283 g/mol. The van der Waals surface area contributed by atoms with Crippen molar-refractivity contribution in [3.05, 3.63) is 18.2 Å². The molecule has 1 aromatic rings. The molecule has 0 bridgehead atoms. The summed E-state index contributed by atoms with van der Waals surface area (Å²) >= 11 is 0. The van der Waals surface area contributed by atoms with Crippen LogP contribution in [0.5, 0.6) is 0 Å². The van der Waals surface area contributed by atoms with E-state index in [2.05, 4.69) is 9.62 Å². The van der Waals surface area contributed by atoms with Gasteiger partial charge in [0.05, 0.1) is 5.69 Å². The Balaban J connectivity index is 2.28. The molecular formula is C13H21N3O2S. The number of hydrogen-bond acceptors (Lipinski definition) is 4. The number of nitrogen functional groups attached to an aromatic ring is 1. The van der Waals surface area contributed by atoms with Crippen molar-refractivity contribution < 1.29 is 8.42 Å². The van der Waals surface area contributed by atoms with E-state index in [0.29, 0.717) is 5.69 Å². The summed E-state index contributed by atoms with van der Waals surface area (Å²) in [5.41, 5.74) is 7.19. The maximum Gasteiger partial charge on any atom is 0.242 e. The first kappa shape index (κ1) is 14.1. The van der Waals surface area contributed by atoms with Crippen LogP contribution in [0.15, 0.2) is 23.1 Å². The average Bonchev–Trinajstić information content (AvgIpc) is 2.67. The zero-order chi connectivity index (χ0) is 13.9. The second-order valence-corrected chi connectivity index (χ2v) is 6.69. The van der Waals surface area contributed by atoms with Crippen molar-refractivity contribution in [2.45, 2.75) is 30.6 Å². The molecule has 0 unspecified atom stereocenters. The van der Waals surface area contributed by atoms with Crippen molar-refractivity contribution in [2.75, 3.05) is 30.8 Å². The van der Waals surface area contributed by atoms with Crippen molar-refractivity contribution in [3.63, 3.8) is 0 Å². The van der Waals surface area contributed by atoms with Crippen LogP contribution in [0, 0.1) is 0 Å². The fourth-order valence-corrected chi connectivity index (χ4v) is 3.25. The fraction of sp³-hybridized carbons (Fsp3) is 0.538. The van der Waals surface area contributed by atoms with Gasteiger partial charge in [0.2, 0.25) is 10.0 Å². The Kier molecular flexibility index (Phi) is 4.31. The zero-order valence-electron chi connectivity index (χ0n) is 11.2. The van der Waals surface area contributed by atoms with Gasteiger partial charge in [-0.2, -0.15) is 0 Å². The third kappa shape index (κ3) is 3.19. The molecule has 1 aromatic carbocycles. The first-order chi connectivity index (χ1) is 9.04. The molecule has 1 saturated heterocycles. The van der Waals surface area contributed by atoms with E-state index in [1.807, 2.05) is 6.07 Å². The lowest BCUT2D eigenvalue weighted by atomic mass is 10.2. The molecule has 0 aromatic heterocycles. The summed E-state index contributed by atoms with van der Waals surface area (Å²) in [6.45, 7) is 2.02. The Bertz CT molecular complexity index is 535. The average molecular weight is 283 g/mol. The Morgan fingerprint density at radius 1 is 1.16 bits per heavy atom. The maximum atomic E-state index is 11.8. The smallest absolute Gasteiger partial charge is 0.242 e. The van der Waals surface area contributed by atoms with Crippen LogP contribution in [0.2, 0.25) is 0 Å². The van der Waals surface area contributed by atoms with Gasteiger partial charge < -0.3 is 10.6 Å². The SMILES string of the molecule is CNS(=O)(=O)c1ccc(N2CCCCCC2)cc1N. The Labute approximate surface area is 114 Å². The highest BCUT2D eigenvalue weighted by Crippen LogP contribution is 2.26. The van der Waals surface area contributed by atoms with Crippen molar-refractivity contribution in [1.82, 2.24) is 4.72 Å². The molecule has 0 spiro atoms. The molecule has 1 aliphatic heterocycles. The van der Waals surface area contributed by atoms with Crippen LogP contribution in [0.4, 0.5) is 11.4 Å². The van der Waals surface area contributed by atoms with Crippen LogP contribution in [-0.4, -0.2) is 28.6 Å². The maximum absolute atomic E-state index is 11.8. The van der Waals surface area contributed by atoms with Gasteiger partial charge in [0.15, 0.2) is 0 Å². The van der Waals surface area contributed by atoms with E-state index in [0.717, 1.165) is 18.8 Å². The summed E-state index contributed by atoms with van der Waals surface area (Å²) in [6, 6.07) is 5.18. The highest BCUT2D eigenvalue weighted by atomic mass is 32.2. The molecule has 0 saturated carbocycles. The van der Waals surface area contributed by atoms with E-state index in [1.165, 1.54) is 32.7 Å². The lowest BCUT2D eigenvalue weighted by Crippen LogP contribution is -2.24. The van der Waals surface area contributed by atoms with Gasteiger partial charge >= 0.3 is 0 Å². The van der Waals surface area contributed by atoms with Gasteiger partial charge in [-0.15, -0.1) is 0 Å². The van der Waals surface area contributed by atoms with E-state index >= 15 is 0 Å². The van der Waals surface area contributed by atoms with E-state index in [1.54, 1.807) is 12.1 Å². The molecule has 106 valence electrons. The molecule has 0 amide bonds. The van der Waals surface area contributed by atoms with Gasteiger partial charge in [0.1, 0.15) is 4.90 Å². The second kappa shape index (κ2) is 5.79. The summed E-state index contributed by atoms with van der Waals surface area (Å²) in [5, 5.41) is 0. The first-order valence-electron chi connectivity index (χ1n) is 6.62. The summed E-state index contributed by atoms with van der Waals surface area (Å²) in [4.78, 5) is 2.42. The molecule has 6 heteroatoms. The van der Waals surface area contributed by atoms with Crippen LogP contribution in [0.1, 0.15) is 25.7 Å². The highest BCUT2D eigenvalue weighted by Gasteiger charge is 2.17. The van der Waals surface area contributed by atoms with E-state index in [4.69, 9.17) is 5.73 Å². The molecule has 2 rings (SSSR count). The number of anilines is 2. The predicted molar refractivity (Wildman–Crippen MR) is 77.8 cm³/mol. The minimum Gasteiger partial charge on any atom is -0.398 e. The first-order valence-corrected chi connectivity index (χ1v) is 8.11. The largest absolute Gasteiger partial charge is 0.398 e. The van der Waals surface area contributed by atoms with Crippen molar-refractivity contribution in [1.29, 1.82) is 0 Å². The summed E-state index contributed by atoms with van der Waals surface area (Å²) in [7, 11) is -2.09. The molecule has 0 atom stereocenters. The number of rotatable bonds is 3. The van der Waals surface area contributed by atoms with Gasteiger partial charge in [-0.1, -0.05) is 12.8 Å². The van der Waals surface area contributed by atoms with Gasteiger partial charge in [0, 0.05) is 18.8 Å². The zero-order valence-corrected chi connectivity index (χ0v) is 12.0. The van der Waals surface area contributed by atoms with E-state index in [9.17, 15) is 8.42 Å². The number of nitrogens with one attached hydrogen (secondary N) is 1. The van der Waals surface area contributed by atoms with Crippen LogP contribution in [-0.2, 0) is 10.0 Å². The quantitative estimate of drug-likeness (QED) is 0.825. The van der Waals surface area contributed by atoms with Crippen molar-refractivity contribution >= 4 is 21.4 Å². The summed E-state index contributed by atoms with van der Waals surface area (Å²) in [5.74, 6) is 0. The highest BCUT2D eigenvalue weighted by molar-refractivity contribution is 7.89. The van der Waals surface area contributed by atoms with Crippen molar-refractivity contribution in [3.8, 4) is 0 Å².